The Hall–Kier alpha value is -2.63. The molecule has 2 fully saturated rings. The van der Waals surface area contributed by atoms with Gasteiger partial charge in [-0.15, -0.1) is 0 Å². The molecule has 6 heteroatoms. The van der Waals surface area contributed by atoms with E-state index in [0.29, 0.717) is 29.4 Å². The van der Waals surface area contributed by atoms with Crippen LogP contribution < -0.4 is 9.47 Å². The predicted molar refractivity (Wildman–Crippen MR) is 121 cm³/mol. The fourth-order valence-electron chi connectivity index (χ4n) is 6.32. The van der Waals surface area contributed by atoms with Gasteiger partial charge in [0, 0.05) is 25.5 Å². The minimum Gasteiger partial charge on any atom is -0.443 e. The summed E-state index contributed by atoms with van der Waals surface area (Å²) in [4.78, 5) is 28.1. The normalized spacial score (nSPS) is 30.1. The summed E-state index contributed by atoms with van der Waals surface area (Å²) in [7, 11) is 0. The van der Waals surface area contributed by atoms with Crippen molar-refractivity contribution in [3.05, 3.63) is 30.2 Å². The van der Waals surface area contributed by atoms with Gasteiger partial charge >= 0.3 is 11.9 Å². The lowest BCUT2D eigenvalue weighted by molar-refractivity contribution is -0.134. The fraction of sp³-hybridized carbons (Fsp3) is 0.577. The summed E-state index contributed by atoms with van der Waals surface area (Å²) in [5.41, 5.74) is 3.25. The number of benzene rings is 1. The molecule has 2 aliphatic carbocycles. The molecular formula is C26H33NO5. The summed E-state index contributed by atoms with van der Waals surface area (Å²) in [6.45, 7) is 14.2. The summed E-state index contributed by atoms with van der Waals surface area (Å²) in [6.07, 6.45) is 7.63. The number of esters is 2. The fourth-order valence-corrected chi connectivity index (χ4v) is 6.32. The first-order valence-corrected chi connectivity index (χ1v) is 11.5. The number of allylic oxidation sites excluding steroid dienone is 1. The summed E-state index contributed by atoms with van der Waals surface area (Å²) in [5, 5.41) is 0. The molecule has 0 radical (unpaired) electrons. The van der Waals surface area contributed by atoms with Crippen LogP contribution >= 0.6 is 0 Å². The molecule has 0 amide bonds. The maximum atomic E-state index is 12.0. The number of hydrogen-bond donors (Lipinski definition) is 0. The Labute approximate surface area is 189 Å². The van der Waals surface area contributed by atoms with E-state index in [1.165, 1.54) is 25.8 Å². The van der Waals surface area contributed by atoms with Gasteiger partial charge in [-0.2, -0.15) is 0 Å². The molecule has 32 heavy (non-hydrogen) atoms. The van der Waals surface area contributed by atoms with Crippen molar-refractivity contribution in [3.8, 4) is 11.5 Å². The van der Waals surface area contributed by atoms with Crippen molar-refractivity contribution in [1.82, 2.24) is 4.98 Å². The summed E-state index contributed by atoms with van der Waals surface area (Å²) >= 11 is 0. The molecule has 2 saturated carbocycles. The lowest BCUT2D eigenvalue weighted by Crippen LogP contribution is -2.51. The van der Waals surface area contributed by atoms with E-state index in [1.54, 1.807) is 6.07 Å². The minimum atomic E-state index is -0.486. The van der Waals surface area contributed by atoms with E-state index < -0.39 is 11.9 Å². The van der Waals surface area contributed by atoms with E-state index in [2.05, 4.69) is 32.3 Å². The van der Waals surface area contributed by atoms with Crippen molar-refractivity contribution >= 4 is 23.0 Å². The van der Waals surface area contributed by atoms with Gasteiger partial charge in [-0.25, -0.2) is 4.98 Å². The molecule has 2 aliphatic rings. The van der Waals surface area contributed by atoms with Gasteiger partial charge in [-0.1, -0.05) is 32.9 Å². The zero-order chi connectivity index (χ0) is 23.3. The number of carbonyl (C=O) groups is 2. The Balaban J connectivity index is 1.88. The Morgan fingerprint density at radius 3 is 2.62 bits per heavy atom. The van der Waals surface area contributed by atoms with Gasteiger partial charge in [0.25, 0.3) is 0 Å². The Kier molecular flexibility index (Phi) is 5.68. The van der Waals surface area contributed by atoms with Gasteiger partial charge in [0.2, 0.25) is 0 Å². The largest absolute Gasteiger partial charge is 0.443 e. The molecule has 0 aliphatic heterocycles. The van der Waals surface area contributed by atoms with Crippen molar-refractivity contribution in [2.24, 2.45) is 22.7 Å². The van der Waals surface area contributed by atoms with Crippen molar-refractivity contribution in [2.75, 3.05) is 0 Å². The van der Waals surface area contributed by atoms with Crippen molar-refractivity contribution in [2.45, 2.75) is 73.1 Å². The molecule has 6 nitrogen and oxygen atoms in total. The summed E-state index contributed by atoms with van der Waals surface area (Å²) in [6, 6.07) is 1.60. The average Bonchev–Trinajstić information content (AvgIpc) is 3.17. The summed E-state index contributed by atoms with van der Waals surface area (Å²) in [5.74, 6) is 0.392. The minimum absolute atomic E-state index is 0.0835. The Bertz CT molecular complexity index is 1090. The molecule has 0 N–H and O–H groups in total. The third-order valence-electron chi connectivity index (χ3n) is 8.26. The first-order chi connectivity index (χ1) is 15.1. The van der Waals surface area contributed by atoms with E-state index in [9.17, 15) is 9.59 Å². The predicted octanol–water partition coefficient (Wildman–Crippen LogP) is 6.02. The van der Waals surface area contributed by atoms with Crippen LogP contribution in [-0.2, 0) is 16.0 Å². The van der Waals surface area contributed by atoms with Crippen LogP contribution in [0.15, 0.2) is 29.0 Å². The number of rotatable bonds is 4. The van der Waals surface area contributed by atoms with Crippen LogP contribution in [0.1, 0.15) is 72.3 Å². The monoisotopic (exact) mass is 439 g/mol. The zero-order valence-electron chi connectivity index (χ0n) is 19.7. The molecule has 0 spiro atoms. The van der Waals surface area contributed by atoms with Crippen LogP contribution in [0.4, 0.5) is 0 Å². The van der Waals surface area contributed by atoms with E-state index >= 15 is 0 Å². The molecule has 1 heterocycles. The number of carbonyl (C=O) groups excluding carboxylic acids is 2. The molecule has 2 aromatic rings. The van der Waals surface area contributed by atoms with Crippen LogP contribution in [0.3, 0.4) is 0 Å². The molecule has 1 aromatic heterocycles. The molecule has 172 valence electrons. The number of ether oxygens (including phenoxy) is 2. The quantitative estimate of drug-likeness (QED) is 0.329. The van der Waals surface area contributed by atoms with Crippen LogP contribution in [0.5, 0.6) is 11.5 Å². The highest BCUT2D eigenvalue weighted by Crippen LogP contribution is 2.62. The van der Waals surface area contributed by atoms with E-state index in [1.807, 2.05) is 0 Å². The maximum Gasteiger partial charge on any atom is 0.308 e. The number of aromatic nitrogens is 1. The SMILES string of the molecule is C=C1CCCC2C1(C)CCC(C)C2(C)Cc1c(OC(C)=O)c(OC(C)=O)cc2ncoc12. The first-order valence-electron chi connectivity index (χ1n) is 11.5. The second kappa shape index (κ2) is 8.05. The Morgan fingerprint density at radius 2 is 1.94 bits per heavy atom. The number of fused-ring (bicyclic) bond motifs is 2. The molecule has 4 atom stereocenters. The van der Waals surface area contributed by atoms with E-state index in [4.69, 9.17) is 13.9 Å². The van der Waals surface area contributed by atoms with Crippen molar-refractivity contribution in [3.63, 3.8) is 0 Å². The summed E-state index contributed by atoms with van der Waals surface area (Å²) < 4.78 is 16.9. The van der Waals surface area contributed by atoms with Crippen molar-refractivity contribution in [1.29, 1.82) is 0 Å². The van der Waals surface area contributed by atoms with Crippen LogP contribution in [-0.4, -0.2) is 16.9 Å². The van der Waals surface area contributed by atoms with Crippen LogP contribution in [0.2, 0.25) is 0 Å². The number of nitrogens with zero attached hydrogens (tertiary/aromatic N) is 1. The highest BCUT2D eigenvalue weighted by molar-refractivity contribution is 5.85. The maximum absolute atomic E-state index is 12.0. The second-order valence-corrected chi connectivity index (χ2v) is 10.2. The highest BCUT2D eigenvalue weighted by atomic mass is 16.6. The van der Waals surface area contributed by atoms with Gasteiger partial charge in [-0.05, 0) is 61.2 Å². The average molecular weight is 440 g/mol. The zero-order valence-corrected chi connectivity index (χ0v) is 19.7. The molecule has 4 unspecified atom stereocenters. The molecule has 0 bridgehead atoms. The van der Waals surface area contributed by atoms with Crippen molar-refractivity contribution < 1.29 is 23.5 Å². The molecular weight excluding hydrogens is 406 g/mol. The topological polar surface area (TPSA) is 78.6 Å². The second-order valence-electron chi connectivity index (χ2n) is 10.2. The van der Waals surface area contributed by atoms with Crippen LogP contribution in [0.25, 0.3) is 11.1 Å². The lowest BCUT2D eigenvalue weighted by atomic mass is 9.46. The standard InChI is InChI=1S/C26H33NO5/c1-15-8-7-9-22-25(15,5)11-10-16(2)26(22,6)13-19-23-20(27-14-30-23)12-21(31-17(3)28)24(19)32-18(4)29/h12,14,16,22H,1,7-11,13H2,2-6H3. The number of oxazole rings is 1. The van der Waals surface area contributed by atoms with E-state index in [-0.39, 0.29) is 22.3 Å². The van der Waals surface area contributed by atoms with Gasteiger partial charge in [0.15, 0.2) is 23.5 Å². The molecule has 0 saturated heterocycles. The smallest absolute Gasteiger partial charge is 0.308 e. The third-order valence-corrected chi connectivity index (χ3v) is 8.26. The highest BCUT2D eigenvalue weighted by Gasteiger charge is 2.54. The first kappa shape index (κ1) is 22.6. The lowest BCUT2D eigenvalue weighted by Gasteiger charge is -2.58. The molecule has 4 rings (SSSR count). The molecule has 1 aromatic carbocycles. The number of hydrogen-bond acceptors (Lipinski definition) is 6. The van der Waals surface area contributed by atoms with Gasteiger partial charge in [0.05, 0.1) is 0 Å². The van der Waals surface area contributed by atoms with Gasteiger partial charge in [-0.3, -0.25) is 9.59 Å². The third kappa shape index (κ3) is 3.63. The Morgan fingerprint density at radius 1 is 1.22 bits per heavy atom. The van der Waals surface area contributed by atoms with Gasteiger partial charge in [0.1, 0.15) is 5.52 Å². The van der Waals surface area contributed by atoms with Gasteiger partial charge < -0.3 is 13.9 Å². The van der Waals surface area contributed by atoms with Crippen LogP contribution in [0, 0.1) is 22.7 Å². The van der Waals surface area contributed by atoms with E-state index in [0.717, 1.165) is 37.7 Å².